The third-order valence-electron chi connectivity index (χ3n) is 3.58. The van der Waals surface area contributed by atoms with E-state index in [0.29, 0.717) is 22.8 Å². The Bertz CT molecular complexity index is 446. The number of halogens is 1. The summed E-state index contributed by atoms with van der Waals surface area (Å²) in [6.07, 6.45) is 3.97. The van der Waals surface area contributed by atoms with Crippen LogP contribution in [-0.2, 0) is 0 Å². The lowest BCUT2D eigenvalue weighted by molar-refractivity contribution is 0.0937. The van der Waals surface area contributed by atoms with Gasteiger partial charge in [-0.2, -0.15) is 0 Å². The summed E-state index contributed by atoms with van der Waals surface area (Å²) in [4.78, 5) is 18.6. The predicted octanol–water partition coefficient (Wildman–Crippen LogP) is 2.70. The zero-order valence-corrected chi connectivity index (χ0v) is 13.5. The molecule has 0 spiro atoms. The normalized spacial score (nSPS) is 17.7. The summed E-state index contributed by atoms with van der Waals surface area (Å²) in [7, 11) is 0. The van der Waals surface area contributed by atoms with Crippen molar-refractivity contribution < 1.29 is 4.79 Å². The number of pyridine rings is 1. The van der Waals surface area contributed by atoms with Gasteiger partial charge in [-0.1, -0.05) is 19.4 Å². The van der Waals surface area contributed by atoms with Crippen LogP contribution in [0.1, 0.15) is 36.7 Å². The number of likely N-dealkylation sites (tertiary alicyclic amines) is 1. The second-order valence-electron chi connectivity index (χ2n) is 5.52. The number of hydrogen-bond acceptors (Lipinski definition) is 3. The Hall–Kier alpha value is -0.940. The van der Waals surface area contributed by atoms with E-state index in [-0.39, 0.29) is 5.91 Å². The van der Waals surface area contributed by atoms with Gasteiger partial charge in [-0.3, -0.25) is 4.79 Å². The average Bonchev–Trinajstić information content (AvgIpc) is 2.46. The standard InChI is InChI=1S/C15H22BrN3O/c1-12(11-19-8-3-2-4-9-19)10-17-15(20)13-6-5-7-14(16)18-13/h5-7,12H,2-4,8-11H2,1H3,(H,17,20). The third-order valence-corrected chi connectivity index (χ3v) is 4.02. The quantitative estimate of drug-likeness (QED) is 0.839. The highest BCUT2D eigenvalue weighted by Crippen LogP contribution is 2.11. The Labute approximate surface area is 129 Å². The highest BCUT2D eigenvalue weighted by molar-refractivity contribution is 9.10. The summed E-state index contributed by atoms with van der Waals surface area (Å²) in [5.41, 5.74) is 0.463. The van der Waals surface area contributed by atoms with Gasteiger partial charge in [0, 0.05) is 13.1 Å². The molecule has 5 heteroatoms. The maximum atomic E-state index is 12.0. The van der Waals surface area contributed by atoms with Crippen LogP contribution in [-0.4, -0.2) is 42.0 Å². The maximum absolute atomic E-state index is 12.0. The van der Waals surface area contributed by atoms with Crippen molar-refractivity contribution in [3.8, 4) is 0 Å². The fraction of sp³-hybridized carbons (Fsp3) is 0.600. The van der Waals surface area contributed by atoms with Gasteiger partial charge in [-0.05, 0) is 59.9 Å². The molecule has 1 fully saturated rings. The second-order valence-corrected chi connectivity index (χ2v) is 6.33. The zero-order chi connectivity index (χ0) is 14.4. The van der Waals surface area contributed by atoms with Gasteiger partial charge in [0.2, 0.25) is 0 Å². The Balaban J connectivity index is 1.75. The van der Waals surface area contributed by atoms with E-state index in [1.54, 1.807) is 6.07 Å². The number of amides is 1. The summed E-state index contributed by atoms with van der Waals surface area (Å²) < 4.78 is 0.687. The van der Waals surface area contributed by atoms with Crippen LogP contribution in [0.4, 0.5) is 0 Å². The number of nitrogens with zero attached hydrogens (tertiary/aromatic N) is 2. The molecule has 1 saturated heterocycles. The zero-order valence-electron chi connectivity index (χ0n) is 11.9. The van der Waals surface area contributed by atoms with Crippen molar-refractivity contribution in [2.24, 2.45) is 5.92 Å². The minimum atomic E-state index is -0.100. The molecule has 1 aliphatic rings. The maximum Gasteiger partial charge on any atom is 0.269 e. The first-order valence-electron chi connectivity index (χ1n) is 7.28. The SMILES string of the molecule is CC(CNC(=O)c1cccc(Br)n1)CN1CCCCC1. The van der Waals surface area contributed by atoms with Gasteiger partial charge in [-0.25, -0.2) is 4.98 Å². The van der Waals surface area contributed by atoms with Crippen LogP contribution < -0.4 is 5.32 Å². The largest absolute Gasteiger partial charge is 0.350 e. The molecule has 0 aromatic carbocycles. The molecule has 20 heavy (non-hydrogen) atoms. The highest BCUT2D eigenvalue weighted by Gasteiger charge is 2.14. The molecular formula is C15H22BrN3O. The lowest BCUT2D eigenvalue weighted by atomic mass is 10.1. The van der Waals surface area contributed by atoms with Crippen molar-refractivity contribution in [2.45, 2.75) is 26.2 Å². The van der Waals surface area contributed by atoms with E-state index in [1.807, 2.05) is 12.1 Å². The van der Waals surface area contributed by atoms with Crippen LogP contribution in [0, 0.1) is 5.92 Å². The molecule has 4 nitrogen and oxygen atoms in total. The topological polar surface area (TPSA) is 45.2 Å². The predicted molar refractivity (Wildman–Crippen MR) is 83.7 cm³/mol. The lowest BCUT2D eigenvalue weighted by Crippen LogP contribution is -2.38. The molecule has 1 aromatic rings. The van der Waals surface area contributed by atoms with E-state index in [4.69, 9.17) is 0 Å². The number of carbonyl (C=O) groups excluding carboxylic acids is 1. The molecule has 0 aliphatic carbocycles. The summed E-state index contributed by atoms with van der Waals surface area (Å²) in [6.45, 7) is 6.34. The molecule has 0 saturated carbocycles. The molecule has 1 aliphatic heterocycles. The lowest BCUT2D eigenvalue weighted by Gasteiger charge is -2.29. The Kier molecular flexibility index (Phi) is 5.98. The second kappa shape index (κ2) is 7.74. The molecule has 1 unspecified atom stereocenters. The average molecular weight is 340 g/mol. The van der Waals surface area contributed by atoms with Crippen LogP contribution in [0.3, 0.4) is 0 Å². The van der Waals surface area contributed by atoms with E-state index in [9.17, 15) is 4.79 Å². The fourth-order valence-corrected chi connectivity index (χ4v) is 2.88. The molecule has 110 valence electrons. The molecule has 0 radical (unpaired) electrons. The molecule has 1 amide bonds. The summed E-state index contributed by atoms with van der Waals surface area (Å²) >= 11 is 3.28. The first-order chi connectivity index (χ1) is 9.65. The van der Waals surface area contributed by atoms with Gasteiger partial charge in [0.05, 0.1) is 0 Å². The van der Waals surface area contributed by atoms with E-state index in [0.717, 1.165) is 6.54 Å². The monoisotopic (exact) mass is 339 g/mol. The van der Waals surface area contributed by atoms with E-state index in [1.165, 1.54) is 32.4 Å². The van der Waals surface area contributed by atoms with Crippen molar-refractivity contribution >= 4 is 21.8 Å². The minimum Gasteiger partial charge on any atom is -0.350 e. The van der Waals surface area contributed by atoms with Gasteiger partial charge in [0.1, 0.15) is 10.3 Å². The molecular weight excluding hydrogens is 318 g/mol. The number of nitrogens with one attached hydrogen (secondary N) is 1. The number of aromatic nitrogens is 1. The third kappa shape index (κ3) is 4.87. The fourth-order valence-electron chi connectivity index (χ4n) is 2.54. The summed E-state index contributed by atoms with van der Waals surface area (Å²) in [5, 5.41) is 2.97. The molecule has 0 bridgehead atoms. The number of hydrogen-bond donors (Lipinski definition) is 1. The van der Waals surface area contributed by atoms with E-state index >= 15 is 0 Å². The van der Waals surface area contributed by atoms with Crippen molar-refractivity contribution in [2.75, 3.05) is 26.2 Å². The smallest absolute Gasteiger partial charge is 0.269 e. The van der Waals surface area contributed by atoms with Crippen molar-refractivity contribution in [3.05, 3.63) is 28.5 Å². The van der Waals surface area contributed by atoms with Gasteiger partial charge in [0.15, 0.2) is 0 Å². The first kappa shape index (κ1) is 15.4. The van der Waals surface area contributed by atoms with E-state index < -0.39 is 0 Å². The summed E-state index contributed by atoms with van der Waals surface area (Å²) in [6, 6.07) is 5.37. The van der Waals surface area contributed by atoms with Crippen LogP contribution in [0.5, 0.6) is 0 Å². The molecule has 2 rings (SSSR count). The van der Waals surface area contributed by atoms with Crippen molar-refractivity contribution in [3.63, 3.8) is 0 Å². The number of rotatable bonds is 5. The van der Waals surface area contributed by atoms with Gasteiger partial charge < -0.3 is 10.2 Å². The van der Waals surface area contributed by atoms with Gasteiger partial charge >= 0.3 is 0 Å². The Morgan fingerprint density at radius 2 is 2.15 bits per heavy atom. The molecule has 2 heterocycles. The number of piperidine rings is 1. The molecule has 1 atom stereocenters. The summed E-state index contributed by atoms with van der Waals surface area (Å²) in [5.74, 6) is 0.362. The molecule has 1 aromatic heterocycles. The highest BCUT2D eigenvalue weighted by atomic mass is 79.9. The van der Waals surface area contributed by atoms with Crippen LogP contribution in [0.25, 0.3) is 0 Å². The van der Waals surface area contributed by atoms with Crippen molar-refractivity contribution in [1.82, 2.24) is 15.2 Å². The van der Waals surface area contributed by atoms with Crippen LogP contribution in [0.15, 0.2) is 22.8 Å². The van der Waals surface area contributed by atoms with Crippen LogP contribution >= 0.6 is 15.9 Å². The Morgan fingerprint density at radius 1 is 1.40 bits per heavy atom. The van der Waals surface area contributed by atoms with Crippen molar-refractivity contribution in [1.29, 1.82) is 0 Å². The Morgan fingerprint density at radius 3 is 2.85 bits per heavy atom. The minimum absolute atomic E-state index is 0.100. The molecule has 1 N–H and O–H groups in total. The van der Waals surface area contributed by atoms with Crippen LogP contribution in [0.2, 0.25) is 0 Å². The van der Waals surface area contributed by atoms with Gasteiger partial charge in [0.25, 0.3) is 5.91 Å². The number of carbonyl (C=O) groups is 1. The van der Waals surface area contributed by atoms with Gasteiger partial charge in [-0.15, -0.1) is 0 Å². The van der Waals surface area contributed by atoms with E-state index in [2.05, 4.69) is 38.1 Å². The first-order valence-corrected chi connectivity index (χ1v) is 8.07.